The van der Waals surface area contributed by atoms with Crippen molar-refractivity contribution in [2.45, 2.75) is 70.4 Å². The molecule has 1 N–H and O–H groups in total. The van der Waals surface area contributed by atoms with E-state index in [1.54, 1.807) is 0 Å². The van der Waals surface area contributed by atoms with Crippen molar-refractivity contribution in [3.05, 3.63) is 0 Å². The third-order valence-electron chi connectivity index (χ3n) is 5.01. The molecule has 1 saturated carbocycles. The summed E-state index contributed by atoms with van der Waals surface area (Å²) >= 11 is 0. The molecule has 2 atom stereocenters. The van der Waals surface area contributed by atoms with Gasteiger partial charge in [-0.15, -0.1) is 0 Å². The van der Waals surface area contributed by atoms with Crippen molar-refractivity contribution in [2.75, 3.05) is 20.1 Å². The molecule has 2 fully saturated rings. The average Bonchev–Trinajstić information content (AvgIpc) is 2.89. The highest BCUT2D eigenvalue weighted by atomic mass is 15.2. The smallest absolute Gasteiger partial charge is 0.0110 e. The quantitative estimate of drug-likeness (QED) is 0.792. The zero-order chi connectivity index (χ0) is 12.1. The summed E-state index contributed by atoms with van der Waals surface area (Å²) in [6.45, 7) is 5.03. The Morgan fingerprint density at radius 1 is 1.12 bits per heavy atom. The van der Waals surface area contributed by atoms with E-state index in [0.29, 0.717) is 0 Å². The third-order valence-corrected chi connectivity index (χ3v) is 5.01. The van der Waals surface area contributed by atoms with Crippen LogP contribution in [0.3, 0.4) is 0 Å². The molecule has 0 aromatic carbocycles. The maximum absolute atomic E-state index is 3.32. The summed E-state index contributed by atoms with van der Waals surface area (Å²) < 4.78 is 0. The first kappa shape index (κ1) is 13.4. The molecular formula is C15H30N2. The highest BCUT2D eigenvalue weighted by molar-refractivity contribution is 4.86. The summed E-state index contributed by atoms with van der Waals surface area (Å²) in [5.41, 5.74) is 0. The Morgan fingerprint density at radius 2 is 1.82 bits per heavy atom. The van der Waals surface area contributed by atoms with Gasteiger partial charge < -0.3 is 5.32 Å². The van der Waals surface area contributed by atoms with Crippen molar-refractivity contribution >= 4 is 0 Å². The Kier molecular flexibility index (Phi) is 5.30. The van der Waals surface area contributed by atoms with E-state index in [-0.39, 0.29) is 0 Å². The summed E-state index contributed by atoms with van der Waals surface area (Å²) in [7, 11) is 2.08. The number of rotatable bonds is 5. The Balaban J connectivity index is 1.89. The zero-order valence-corrected chi connectivity index (χ0v) is 11.8. The van der Waals surface area contributed by atoms with Gasteiger partial charge in [-0.3, -0.25) is 4.90 Å². The largest absolute Gasteiger partial charge is 0.320 e. The number of hydrogen-bond donors (Lipinski definition) is 1. The fraction of sp³-hybridized carbons (Fsp3) is 1.00. The third kappa shape index (κ3) is 3.45. The standard InChI is InChI=1S/C15H30N2/c1-13(14-7-3-4-8-14)17-12-6-5-9-15(17)10-11-16-2/h13-16H,3-12H2,1-2H3. The number of likely N-dealkylation sites (tertiary alicyclic amines) is 1. The van der Waals surface area contributed by atoms with Gasteiger partial charge in [0.05, 0.1) is 0 Å². The molecule has 1 aliphatic heterocycles. The van der Waals surface area contributed by atoms with Crippen LogP contribution < -0.4 is 5.32 Å². The zero-order valence-electron chi connectivity index (χ0n) is 11.8. The van der Waals surface area contributed by atoms with Crippen LogP contribution >= 0.6 is 0 Å². The van der Waals surface area contributed by atoms with Crippen LogP contribution in [0.2, 0.25) is 0 Å². The van der Waals surface area contributed by atoms with E-state index in [1.165, 1.54) is 64.5 Å². The highest BCUT2D eigenvalue weighted by Gasteiger charge is 2.31. The lowest BCUT2D eigenvalue weighted by Gasteiger charge is -2.42. The van der Waals surface area contributed by atoms with E-state index < -0.39 is 0 Å². The number of nitrogens with one attached hydrogen (secondary N) is 1. The Hall–Kier alpha value is -0.0800. The van der Waals surface area contributed by atoms with Crippen LogP contribution in [0.1, 0.15) is 58.3 Å². The molecule has 0 spiro atoms. The predicted molar refractivity (Wildman–Crippen MR) is 74.3 cm³/mol. The molecule has 0 radical (unpaired) electrons. The molecule has 1 saturated heterocycles. The Morgan fingerprint density at radius 3 is 2.53 bits per heavy atom. The van der Waals surface area contributed by atoms with Gasteiger partial charge in [-0.25, -0.2) is 0 Å². The van der Waals surface area contributed by atoms with Crippen LogP contribution in [-0.4, -0.2) is 37.1 Å². The van der Waals surface area contributed by atoms with Crippen molar-refractivity contribution in [2.24, 2.45) is 5.92 Å². The van der Waals surface area contributed by atoms with Gasteiger partial charge in [0.25, 0.3) is 0 Å². The SMILES string of the molecule is CNCCC1CCCCN1C(C)C1CCCC1. The molecule has 2 rings (SSSR count). The normalized spacial score (nSPS) is 29.6. The molecule has 1 heterocycles. The molecule has 0 aromatic rings. The minimum atomic E-state index is 0.833. The van der Waals surface area contributed by atoms with Crippen LogP contribution in [-0.2, 0) is 0 Å². The summed E-state index contributed by atoms with van der Waals surface area (Å²) in [6.07, 6.45) is 11.6. The van der Waals surface area contributed by atoms with Crippen LogP contribution in [0.15, 0.2) is 0 Å². The van der Waals surface area contributed by atoms with E-state index >= 15 is 0 Å². The molecule has 1 aliphatic carbocycles. The van der Waals surface area contributed by atoms with E-state index in [2.05, 4.69) is 24.2 Å². The molecule has 0 amide bonds. The van der Waals surface area contributed by atoms with Gasteiger partial charge in [0, 0.05) is 12.1 Å². The molecule has 17 heavy (non-hydrogen) atoms. The first-order chi connectivity index (χ1) is 8.33. The molecule has 2 aliphatic rings. The maximum Gasteiger partial charge on any atom is 0.0110 e. The Bertz CT molecular complexity index is 211. The molecule has 0 aromatic heterocycles. The molecular weight excluding hydrogens is 208 g/mol. The van der Waals surface area contributed by atoms with Gasteiger partial charge in [0.2, 0.25) is 0 Å². The lowest BCUT2D eigenvalue weighted by Crippen LogP contribution is -2.48. The number of piperidine rings is 1. The summed E-state index contributed by atoms with van der Waals surface area (Å²) in [5.74, 6) is 0.991. The molecule has 2 nitrogen and oxygen atoms in total. The minimum Gasteiger partial charge on any atom is -0.320 e. The lowest BCUT2D eigenvalue weighted by molar-refractivity contribution is 0.0672. The van der Waals surface area contributed by atoms with E-state index in [1.807, 2.05) is 0 Å². The van der Waals surface area contributed by atoms with E-state index in [0.717, 1.165) is 18.0 Å². The second kappa shape index (κ2) is 6.75. The van der Waals surface area contributed by atoms with Gasteiger partial charge in [-0.05, 0) is 65.1 Å². The van der Waals surface area contributed by atoms with Crippen molar-refractivity contribution < 1.29 is 0 Å². The molecule has 2 heteroatoms. The summed E-state index contributed by atoms with van der Waals surface area (Å²) in [6, 6.07) is 1.69. The molecule has 0 bridgehead atoms. The van der Waals surface area contributed by atoms with Crippen LogP contribution in [0.4, 0.5) is 0 Å². The van der Waals surface area contributed by atoms with Gasteiger partial charge >= 0.3 is 0 Å². The monoisotopic (exact) mass is 238 g/mol. The van der Waals surface area contributed by atoms with E-state index in [9.17, 15) is 0 Å². The van der Waals surface area contributed by atoms with Gasteiger partial charge in [0.15, 0.2) is 0 Å². The minimum absolute atomic E-state index is 0.833. The second-order valence-corrected chi connectivity index (χ2v) is 6.06. The van der Waals surface area contributed by atoms with Crippen LogP contribution in [0, 0.1) is 5.92 Å². The summed E-state index contributed by atoms with van der Waals surface area (Å²) in [4.78, 5) is 2.84. The first-order valence-electron chi connectivity index (χ1n) is 7.73. The van der Waals surface area contributed by atoms with Gasteiger partial charge in [-0.2, -0.15) is 0 Å². The van der Waals surface area contributed by atoms with Gasteiger partial charge in [0.1, 0.15) is 0 Å². The second-order valence-electron chi connectivity index (χ2n) is 6.06. The molecule has 100 valence electrons. The number of nitrogens with zero attached hydrogens (tertiary/aromatic N) is 1. The Labute approximate surface area is 107 Å². The maximum atomic E-state index is 3.32. The average molecular weight is 238 g/mol. The van der Waals surface area contributed by atoms with Crippen molar-refractivity contribution in [1.29, 1.82) is 0 Å². The molecule has 2 unspecified atom stereocenters. The summed E-state index contributed by atoms with van der Waals surface area (Å²) in [5, 5.41) is 3.32. The van der Waals surface area contributed by atoms with Gasteiger partial charge in [-0.1, -0.05) is 19.3 Å². The van der Waals surface area contributed by atoms with Crippen LogP contribution in [0.25, 0.3) is 0 Å². The van der Waals surface area contributed by atoms with E-state index in [4.69, 9.17) is 0 Å². The van der Waals surface area contributed by atoms with Crippen molar-refractivity contribution in [3.63, 3.8) is 0 Å². The lowest BCUT2D eigenvalue weighted by atomic mass is 9.91. The predicted octanol–water partition coefficient (Wildman–Crippen LogP) is 3.03. The number of hydrogen-bond acceptors (Lipinski definition) is 2. The topological polar surface area (TPSA) is 15.3 Å². The fourth-order valence-electron chi connectivity index (χ4n) is 3.89. The highest BCUT2D eigenvalue weighted by Crippen LogP contribution is 2.33. The first-order valence-corrected chi connectivity index (χ1v) is 7.73. The fourth-order valence-corrected chi connectivity index (χ4v) is 3.89. The van der Waals surface area contributed by atoms with Crippen molar-refractivity contribution in [1.82, 2.24) is 10.2 Å². The van der Waals surface area contributed by atoms with Crippen LogP contribution in [0.5, 0.6) is 0 Å². The van der Waals surface area contributed by atoms with Crippen molar-refractivity contribution in [3.8, 4) is 0 Å².